The van der Waals surface area contributed by atoms with Crippen LogP contribution >= 0.6 is 0 Å². The number of ketones is 2. The monoisotopic (exact) mass is 256 g/mol. The SMILES string of the molecule is CC1=CC(=O)C(=Nc2ccc(N)c(C)c2)C(C)C1=O. The molecule has 1 unspecified atom stereocenters. The van der Waals surface area contributed by atoms with Crippen molar-refractivity contribution in [3.05, 3.63) is 35.4 Å². The zero-order valence-electron chi connectivity index (χ0n) is 11.2. The second-order valence-corrected chi connectivity index (χ2v) is 4.82. The molecule has 0 aliphatic heterocycles. The lowest BCUT2D eigenvalue weighted by Crippen LogP contribution is -2.32. The van der Waals surface area contributed by atoms with Crippen molar-refractivity contribution in [3.63, 3.8) is 0 Å². The van der Waals surface area contributed by atoms with Gasteiger partial charge in [-0.3, -0.25) is 9.59 Å². The minimum absolute atomic E-state index is 0.0504. The Kier molecular flexibility index (Phi) is 3.34. The third-order valence-corrected chi connectivity index (χ3v) is 3.30. The van der Waals surface area contributed by atoms with Gasteiger partial charge in [0.2, 0.25) is 5.78 Å². The standard InChI is InChI=1S/C15H16N2O2/c1-8-6-11(4-5-12(8)16)17-14-10(3)15(19)9(2)7-13(14)18/h4-7,10H,16H2,1-3H3. The number of nitrogens with zero attached hydrogens (tertiary/aromatic N) is 1. The summed E-state index contributed by atoms with van der Waals surface area (Å²) in [4.78, 5) is 28.1. The van der Waals surface area contributed by atoms with Crippen molar-refractivity contribution in [2.75, 3.05) is 5.73 Å². The molecule has 0 heterocycles. The summed E-state index contributed by atoms with van der Waals surface area (Å²) in [7, 11) is 0. The summed E-state index contributed by atoms with van der Waals surface area (Å²) in [6, 6.07) is 5.29. The van der Waals surface area contributed by atoms with E-state index in [1.807, 2.05) is 6.92 Å². The number of Topliss-reactive ketones (excluding diaryl/α,β-unsaturated/α-hetero) is 1. The number of nitrogens with two attached hydrogens (primary N) is 1. The number of benzene rings is 1. The van der Waals surface area contributed by atoms with Gasteiger partial charge in [0.1, 0.15) is 0 Å². The van der Waals surface area contributed by atoms with E-state index in [0.717, 1.165) is 5.56 Å². The Balaban J connectivity index is 2.45. The molecule has 0 bridgehead atoms. The van der Waals surface area contributed by atoms with Gasteiger partial charge in [-0.15, -0.1) is 0 Å². The van der Waals surface area contributed by atoms with Crippen LogP contribution in [0.15, 0.2) is 34.8 Å². The van der Waals surface area contributed by atoms with Crippen LogP contribution in [0, 0.1) is 12.8 Å². The maximum Gasteiger partial charge on any atom is 0.201 e. The summed E-state index contributed by atoms with van der Waals surface area (Å²) < 4.78 is 0. The van der Waals surface area contributed by atoms with Crippen LogP contribution in [0.5, 0.6) is 0 Å². The van der Waals surface area contributed by atoms with Crippen molar-refractivity contribution in [2.45, 2.75) is 20.8 Å². The molecule has 0 aromatic heterocycles. The Morgan fingerprint density at radius 2 is 1.89 bits per heavy atom. The van der Waals surface area contributed by atoms with Crippen LogP contribution in [0.25, 0.3) is 0 Å². The highest BCUT2D eigenvalue weighted by Gasteiger charge is 2.30. The van der Waals surface area contributed by atoms with Crippen LogP contribution in [0.1, 0.15) is 19.4 Å². The summed E-state index contributed by atoms with van der Waals surface area (Å²) >= 11 is 0. The van der Waals surface area contributed by atoms with Crippen LogP contribution in [-0.2, 0) is 9.59 Å². The normalized spacial score (nSPS) is 21.7. The molecule has 98 valence electrons. The van der Waals surface area contributed by atoms with Crippen molar-refractivity contribution in [2.24, 2.45) is 10.9 Å². The van der Waals surface area contributed by atoms with Gasteiger partial charge in [0, 0.05) is 5.69 Å². The highest BCUT2D eigenvalue weighted by Crippen LogP contribution is 2.23. The minimum Gasteiger partial charge on any atom is -0.399 e. The Bertz CT molecular complexity index is 627. The van der Waals surface area contributed by atoms with Gasteiger partial charge in [0.25, 0.3) is 0 Å². The van der Waals surface area contributed by atoms with Gasteiger partial charge in [0.15, 0.2) is 5.78 Å². The number of anilines is 1. The molecule has 19 heavy (non-hydrogen) atoms. The lowest BCUT2D eigenvalue weighted by Gasteiger charge is -2.17. The predicted molar refractivity (Wildman–Crippen MR) is 75.6 cm³/mol. The second kappa shape index (κ2) is 4.80. The molecule has 2 rings (SSSR count). The Morgan fingerprint density at radius 1 is 1.21 bits per heavy atom. The van der Waals surface area contributed by atoms with Gasteiger partial charge in [0.05, 0.1) is 17.3 Å². The fourth-order valence-electron chi connectivity index (χ4n) is 2.04. The van der Waals surface area contributed by atoms with Gasteiger partial charge < -0.3 is 5.73 Å². The summed E-state index contributed by atoms with van der Waals surface area (Å²) in [5.74, 6) is -0.736. The van der Waals surface area contributed by atoms with E-state index in [-0.39, 0.29) is 11.6 Å². The highest BCUT2D eigenvalue weighted by molar-refractivity contribution is 6.51. The van der Waals surface area contributed by atoms with E-state index in [1.165, 1.54) is 6.08 Å². The molecule has 4 nitrogen and oxygen atoms in total. The van der Waals surface area contributed by atoms with Gasteiger partial charge >= 0.3 is 0 Å². The smallest absolute Gasteiger partial charge is 0.201 e. The Morgan fingerprint density at radius 3 is 2.53 bits per heavy atom. The summed E-state index contributed by atoms with van der Waals surface area (Å²) in [6.07, 6.45) is 1.35. The van der Waals surface area contributed by atoms with Gasteiger partial charge in [-0.2, -0.15) is 0 Å². The summed E-state index contributed by atoms with van der Waals surface area (Å²) in [5.41, 5.74) is 8.74. The zero-order valence-corrected chi connectivity index (χ0v) is 11.2. The van der Waals surface area contributed by atoms with E-state index in [9.17, 15) is 9.59 Å². The van der Waals surface area contributed by atoms with Gasteiger partial charge in [-0.25, -0.2) is 4.99 Å². The number of carbonyl (C=O) groups excluding carboxylic acids is 2. The third kappa shape index (κ3) is 2.47. The van der Waals surface area contributed by atoms with Crippen LogP contribution in [0.2, 0.25) is 0 Å². The average Bonchev–Trinajstić information content (AvgIpc) is 2.36. The molecule has 0 saturated carbocycles. The summed E-state index contributed by atoms with van der Waals surface area (Å²) in [5, 5.41) is 0. The number of aryl methyl sites for hydroxylation is 1. The lowest BCUT2D eigenvalue weighted by molar-refractivity contribution is -0.119. The Hall–Kier alpha value is -2.23. The number of carbonyl (C=O) groups is 2. The molecular formula is C15H16N2O2. The van der Waals surface area contributed by atoms with E-state index in [4.69, 9.17) is 5.73 Å². The molecule has 1 aromatic carbocycles. The number of rotatable bonds is 1. The molecule has 0 amide bonds. The minimum atomic E-state index is -0.490. The first kappa shape index (κ1) is 13.2. The molecule has 0 spiro atoms. The van der Waals surface area contributed by atoms with Crippen LogP contribution < -0.4 is 5.73 Å². The number of hydrogen-bond donors (Lipinski definition) is 1. The maximum atomic E-state index is 11.9. The van der Waals surface area contributed by atoms with Gasteiger partial charge in [-0.1, -0.05) is 0 Å². The van der Waals surface area contributed by atoms with Crippen molar-refractivity contribution in [1.82, 2.24) is 0 Å². The molecule has 1 aliphatic rings. The van der Waals surface area contributed by atoms with Crippen molar-refractivity contribution >= 4 is 28.7 Å². The van der Waals surface area contributed by atoms with Crippen molar-refractivity contribution in [1.29, 1.82) is 0 Å². The topological polar surface area (TPSA) is 72.5 Å². The summed E-state index contributed by atoms with van der Waals surface area (Å²) in [6.45, 7) is 5.24. The van der Waals surface area contributed by atoms with Crippen LogP contribution in [0.3, 0.4) is 0 Å². The number of nitrogen functional groups attached to an aromatic ring is 1. The fraction of sp³-hybridized carbons (Fsp3) is 0.267. The molecule has 0 saturated heterocycles. The van der Waals surface area contributed by atoms with Gasteiger partial charge in [-0.05, 0) is 56.2 Å². The number of hydrogen-bond acceptors (Lipinski definition) is 4. The highest BCUT2D eigenvalue weighted by atomic mass is 16.1. The lowest BCUT2D eigenvalue weighted by atomic mass is 9.87. The Labute approximate surface area is 112 Å². The average molecular weight is 256 g/mol. The third-order valence-electron chi connectivity index (χ3n) is 3.30. The molecular weight excluding hydrogens is 240 g/mol. The zero-order chi connectivity index (χ0) is 14.2. The predicted octanol–water partition coefficient (Wildman–Crippen LogP) is 2.38. The number of aliphatic imine (C=N–C) groups is 1. The van der Waals surface area contributed by atoms with E-state index in [0.29, 0.717) is 22.7 Å². The maximum absolute atomic E-state index is 11.9. The first-order valence-electron chi connectivity index (χ1n) is 6.11. The number of allylic oxidation sites excluding steroid dienone is 2. The van der Waals surface area contributed by atoms with Crippen LogP contribution in [-0.4, -0.2) is 17.3 Å². The van der Waals surface area contributed by atoms with Crippen molar-refractivity contribution in [3.8, 4) is 0 Å². The molecule has 2 N–H and O–H groups in total. The first-order chi connectivity index (χ1) is 8.90. The molecule has 0 fully saturated rings. The van der Waals surface area contributed by atoms with E-state index in [2.05, 4.69) is 4.99 Å². The second-order valence-electron chi connectivity index (χ2n) is 4.82. The molecule has 1 aliphatic carbocycles. The van der Waals surface area contributed by atoms with Crippen LogP contribution in [0.4, 0.5) is 11.4 Å². The molecule has 4 heteroatoms. The molecule has 1 atom stereocenters. The van der Waals surface area contributed by atoms with E-state index in [1.54, 1.807) is 32.0 Å². The fourth-order valence-corrected chi connectivity index (χ4v) is 2.04. The van der Waals surface area contributed by atoms with Crippen molar-refractivity contribution < 1.29 is 9.59 Å². The van der Waals surface area contributed by atoms with E-state index < -0.39 is 5.92 Å². The molecule has 0 radical (unpaired) electrons. The quantitative estimate of drug-likeness (QED) is 0.784. The molecule has 1 aromatic rings. The van der Waals surface area contributed by atoms with E-state index >= 15 is 0 Å². The first-order valence-corrected chi connectivity index (χ1v) is 6.11. The largest absolute Gasteiger partial charge is 0.399 e.